The molecule has 2 N–H and O–H groups in total. The first kappa shape index (κ1) is 14.1. The highest BCUT2D eigenvalue weighted by molar-refractivity contribution is 5.83. The van der Waals surface area contributed by atoms with Crippen LogP contribution in [0.15, 0.2) is 0 Å². The first-order valence-corrected chi connectivity index (χ1v) is 6.47. The van der Waals surface area contributed by atoms with E-state index in [-0.39, 0.29) is 25.3 Å². The summed E-state index contributed by atoms with van der Waals surface area (Å²) in [5.74, 6) is -1.80. The molecule has 1 saturated heterocycles. The molecular formula is C12H17F3N2O2. The van der Waals surface area contributed by atoms with Crippen molar-refractivity contribution < 1.29 is 22.8 Å². The third-order valence-electron chi connectivity index (χ3n) is 4.10. The van der Waals surface area contributed by atoms with E-state index in [0.29, 0.717) is 19.3 Å². The van der Waals surface area contributed by atoms with Crippen molar-refractivity contribution >= 4 is 11.8 Å². The zero-order chi connectivity index (χ0) is 14.2. The minimum Gasteiger partial charge on any atom is -0.369 e. The van der Waals surface area contributed by atoms with Gasteiger partial charge in [0.25, 0.3) is 0 Å². The largest absolute Gasteiger partial charge is 0.408 e. The van der Waals surface area contributed by atoms with Gasteiger partial charge in [-0.2, -0.15) is 13.2 Å². The van der Waals surface area contributed by atoms with Crippen LogP contribution in [-0.4, -0.2) is 35.5 Å². The average Bonchev–Trinajstić information content (AvgIpc) is 2.96. The normalized spacial score (nSPS) is 31.7. The number of nitrogens with zero attached hydrogens (tertiary/aromatic N) is 1. The second-order valence-electron chi connectivity index (χ2n) is 5.34. The van der Waals surface area contributed by atoms with Crippen LogP contribution in [-0.2, 0) is 9.59 Å². The Kier molecular flexibility index (Phi) is 3.73. The maximum atomic E-state index is 12.8. The molecule has 2 aliphatic rings. The van der Waals surface area contributed by atoms with Crippen molar-refractivity contribution in [2.45, 2.75) is 44.3 Å². The Hall–Kier alpha value is -1.27. The topological polar surface area (TPSA) is 63.4 Å². The van der Waals surface area contributed by atoms with Crippen LogP contribution < -0.4 is 5.73 Å². The number of hydrogen-bond donors (Lipinski definition) is 1. The highest BCUT2D eigenvalue weighted by Gasteiger charge is 2.49. The first-order chi connectivity index (χ1) is 8.80. The van der Waals surface area contributed by atoms with Crippen LogP contribution in [0.2, 0.25) is 0 Å². The van der Waals surface area contributed by atoms with Gasteiger partial charge in [-0.05, 0) is 32.1 Å². The van der Waals surface area contributed by atoms with Crippen LogP contribution in [0.1, 0.15) is 32.1 Å². The summed E-state index contributed by atoms with van der Waals surface area (Å²) in [4.78, 5) is 24.1. The summed E-state index contributed by atoms with van der Waals surface area (Å²) in [5, 5.41) is 0. The molecule has 1 aliphatic carbocycles. The number of hydrogen-bond acceptors (Lipinski definition) is 2. The number of carbonyl (C=O) groups is 2. The molecule has 108 valence electrons. The Balaban J connectivity index is 2.02. The second-order valence-corrected chi connectivity index (χ2v) is 5.34. The van der Waals surface area contributed by atoms with Gasteiger partial charge in [0.2, 0.25) is 11.8 Å². The molecule has 0 spiro atoms. The summed E-state index contributed by atoms with van der Waals surface area (Å²) in [6.45, 7) is 0.154. The quantitative estimate of drug-likeness (QED) is 0.830. The van der Waals surface area contributed by atoms with E-state index >= 15 is 0 Å². The molecular weight excluding hydrogens is 261 g/mol. The average molecular weight is 278 g/mol. The lowest BCUT2D eigenvalue weighted by molar-refractivity contribution is -0.184. The van der Waals surface area contributed by atoms with E-state index in [1.165, 1.54) is 0 Å². The summed E-state index contributed by atoms with van der Waals surface area (Å²) >= 11 is 0. The zero-order valence-electron chi connectivity index (χ0n) is 10.4. The van der Waals surface area contributed by atoms with Gasteiger partial charge in [-0.15, -0.1) is 0 Å². The van der Waals surface area contributed by atoms with E-state index in [1.54, 1.807) is 0 Å². The van der Waals surface area contributed by atoms with E-state index < -0.39 is 30.0 Å². The first-order valence-electron chi connectivity index (χ1n) is 6.47. The Morgan fingerprint density at radius 3 is 2.26 bits per heavy atom. The number of rotatable bonds is 2. The maximum absolute atomic E-state index is 12.8. The van der Waals surface area contributed by atoms with Crippen molar-refractivity contribution in [2.24, 2.45) is 17.6 Å². The highest BCUT2D eigenvalue weighted by atomic mass is 19.4. The molecule has 0 radical (unpaired) electrons. The van der Waals surface area contributed by atoms with Gasteiger partial charge in [0, 0.05) is 18.4 Å². The fourth-order valence-corrected chi connectivity index (χ4v) is 3.07. The third-order valence-corrected chi connectivity index (χ3v) is 4.10. The summed E-state index contributed by atoms with van der Waals surface area (Å²) < 4.78 is 38.4. The molecule has 0 aromatic carbocycles. The number of alkyl halides is 3. The number of carbonyl (C=O) groups excluding carboxylic acids is 2. The number of nitrogens with two attached hydrogens (primary N) is 1. The lowest BCUT2D eigenvalue weighted by Gasteiger charge is -2.28. The fourth-order valence-electron chi connectivity index (χ4n) is 3.07. The van der Waals surface area contributed by atoms with Gasteiger partial charge in [-0.25, -0.2) is 0 Å². The summed E-state index contributed by atoms with van der Waals surface area (Å²) in [7, 11) is 0. The number of likely N-dealkylation sites (tertiary alicyclic amines) is 1. The van der Waals surface area contributed by atoms with Gasteiger partial charge in [0.05, 0.1) is 0 Å². The molecule has 2 rings (SSSR count). The summed E-state index contributed by atoms with van der Waals surface area (Å²) in [6, 6.07) is -1.66. The predicted octanol–water partition coefficient (Wildman–Crippen LogP) is 1.44. The van der Waals surface area contributed by atoms with E-state index in [2.05, 4.69) is 0 Å². The minimum atomic E-state index is -4.37. The zero-order valence-corrected chi connectivity index (χ0v) is 10.4. The van der Waals surface area contributed by atoms with Crippen molar-refractivity contribution in [3.63, 3.8) is 0 Å². The van der Waals surface area contributed by atoms with Crippen molar-refractivity contribution in [1.82, 2.24) is 4.90 Å². The van der Waals surface area contributed by atoms with Gasteiger partial charge in [-0.1, -0.05) is 0 Å². The van der Waals surface area contributed by atoms with Crippen molar-refractivity contribution in [2.75, 3.05) is 6.54 Å². The fraction of sp³-hybridized carbons (Fsp3) is 0.833. The number of amides is 2. The Morgan fingerprint density at radius 2 is 1.74 bits per heavy atom. The standard InChI is InChI=1S/C12H17F3N2O2/c13-12(14,15)9-2-1-5-17(9)11(19)8-4-3-7(6-8)10(16)18/h7-9H,1-6H2,(H2,16,18)/t7-,8+,9+/m1/s1. The van der Waals surface area contributed by atoms with Gasteiger partial charge >= 0.3 is 6.18 Å². The molecule has 7 heteroatoms. The SMILES string of the molecule is NC(=O)[C@@H]1CC[C@H](C(=O)N2CCC[C@H]2C(F)(F)F)C1. The molecule has 0 aromatic rings. The number of halogens is 3. The summed E-state index contributed by atoms with van der Waals surface area (Å²) in [6.07, 6.45) is -2.78. The van der Waals surface area contributed by atoms with Gasteiger partial charge in [-0.3, -0.25) is 9.59 Å². The Labute approximate surface area is 109 Å². The Bertz CT molecular complexity index is 384. The van der Waals surface area contributed by atoms with E-state index in [4.69, 9.17) is 5.73 Å². The van der Waals surface area contributed by atoms with Crippen LogP contribution in [0, 0.1) is 11.8 Å². The second kappa shape index (κ2) is 5.02. The van der Waals surface area contributed by atoms with Crippen LogP contribution >= 0.6 is 0 Å². The third kappa shape index (κ3) is 2.84. The maximum Gasteiger partial charge on any atom is 0.408 e. The van der Waals surface area contributed by atoms with Crippen LogP contribution in [0.4, 0.5) is 13.2 Å². The minimum absolute atomic E-state index is 0.0266. The Morgan fingerprint density at radius 1 is 1.11 bits per heavy atom. The van der Waals surface area contributed by atoms with Crippen molar-refractivity contribution in [3.05, 3.63) is 0 Å². The summed E-state index contributed by atoms with van der Waals surface area (Å²) in [5.41, 5.74) is 5.17. The molecule has 2 fully saturated rings. The smallest absolute Gasteiger partial charge is 0.369 e. The molecule has 4 nitrogen and oxygen atoms in total. The molecule has 1 saturated carbocycles. The monoisotopic (exact) mass is 278 g/mol. The number of primary amides is 1. The molecule has 2 amide bonds. The van der Waals surface area contributed by atoms with Crippen LogP contribution in [0.3, 0.4) is 0 Å². The molecule has 1 heterocycles. The van der Waals surface area contributed by atoms with Crippen molar-refractivity contribution in [1.29, 1.82) is 0 Å². The van der Waals surface area contributed by atoms with E-state index in [0.717, 1.165) is 4.90 Å². The molecule has 0 aromatic heterocycles. The van der Waals surface area contributed by atoms with Gasteiger partial charge in [0.15, 0.2) is 0 Å². The molecule has 3 atom stereocenters. The van der Waals surface area contributed by atoms with Gasteiger partial charge < -0.3 is 10.6 Å². The van der Waals surface area contributed by atoms with Crippen LogP contribution in [0.5, 0.6) is 0 Å². The van der Waals surface area contributed by atoms with E-state index in [1.807, 2.05) is 0 Å². The predicted molar refractivity (Wildman–Crippen MR) is 60.8 cm³/mol. The molecule has 19 heavy (non-hydrogen) atoms. The van der Waals surface area contributed by atoms with Crippen LogP contribution in [0.25, 0.3) is 0 Å². The molecule has 0 bridgehead atoms. The molecule has 0 unspecified atom stereocenters. The molecule has 1 aliphatic heterocycles. The lowest BCUT2D eigenvalue weighted by atomic mass is 10.0. The van der Waals surface area contributed by atoms with Gasteiger partial charge in [0.1, 0.15) is 6.04 Å². The van der Waals surface area contributed by atoms with Crippen molar-refractivity contribution in [3.8, 4) is 0 Å². The highest BCUT2D eigenvalue weighted by Crippen LogP contribution is 2.37. The van der Waals surface area contributed by atoms with E-state index in [9.17, 15) is 22.8 Å². The lowest BCUT2D eigenvalue weighted by Crippen LogP contribution is -2.46.